The minimum Gasteiger partial charge on any atom is -0.377 e. The van der Waals surface area contributed by atoms with Gasteiger partial charge in [-0.1, -0.05) is 0 Å². The zero-order valence-electron chi connectivity index (χ0n) is 6.18. The highest BCUT2D eigenvalue weighted by Gasteiger charge is 2.26. The standard InChI is InChI=1S/C7H11N3O/c8-6-4-11-5-7(6)10-3-1-2-9-10/h1-3,6-7H,4-5,8H2. The average molecular weight is 153 g/mol. The van der Waals surface area contributed by atoms with Gasteiger partial charge in [-0.05, 0) is 6.07 Å². The van der Waals surface area contributed by atoms with E-state index < -0.39 is 0 Å². The maximum atomic E-state index is 5.78. The van der Waals surface area contributed by atoms with Crippen LogP contribution in [-0.2, 0) is 4.74 Å². The molecule has 1 fully saturated rings. The fourth-order valence-corrected chi connectivity index (χ4v) is 1.31. The molecule has 1 aliphatic heterocycles. The summed E-state index contributed by atoms with van der Waals surface area (Å²) in [5.41, 5.74) is 5.78. The number of aromatic nitrogens is 2. The van der Waals surface area contributed by atoms with E-state index in [4.69, 9.17) is 10.5 Å². The van der Waals surface area contributed by atoms with Crippen molar-refractivity contribution in [2.45, 2.75) is 12.1 Å². The minimum atomic E-state index is 0.0925. The molecule has 0 radical (unpaired) electrons. The number of ether oxygens (including phenoxy) is 1. The van der Waals surface area contributed by atoms with Gasteiger partial charge in [-0.3, -0.25) is 4.68 Å². The molecule has 0 bridgehead atoms. The highest BCUT2D eigenvalue weighted by atomic mass is 16.5. The normalized spacial score (nSPS) is 31.0. The first-order valence-electron chi connectivity index (χ1n) is 3.70. The van der Waals surface area contributed by atoms with Crippen LogP contribution in [0.15, 0.2) is 18.5 Å². The van der Waals surface area contributed by atoms with Crippen molar-refractivity contribution in [1.82, 2.24) is 9.78 Å². The van der Waals surface area contributed by atoms with Gasteiger partial charge in [-0.25, -0.2) is 0 Å². The van der Waals surface area contributed by atoms with Crippen molar-refractivity contribution in [3.63, 3.8) is 0 Å². The summed E-state index contributed by atoms with van der Waals surface area (Å²) in [5, 5.41) is 4.11. The average Bonchev–Trinajstić information content (AvgIpc) is 2.55. The molecule has 1 aliphatic rings. The van der Waals surface area contributed by atoms with E-state index in [2.05, 4.69) is 5.10 Å². The molecule has 0 spiro atoms. The van der Waals surface area contributed by atoms with Crippen molar-refractivity contribution in [2.75, 3.05) is 13.2 Å². The van der Waals surface area contributed by atoms with E-state index in [0.717, 1.165) is 0 Å². The lowest BCUT2D eigenvalue weighted by Crippen LogP contribution is -2.30. The van der Waals surface area contributed by atoms with Gasteiger partial charge in [0, 0.05) is 12.4 Å². The molecule has 0 aliphatic carbocycles. The summed E-state index contributed by atoms with van der Waals surface area (Å²) in [6.45, 7) is 1.33. The summed E-state index contributed by atoms with van der Waals surface area (Å²) in [6, 6.07) is 2.21. The van der Waals surface area contributed by atoms with Crippen LogP contribution in [0.25, 0.3) is 0 Å². The van der Waals surface area contributed by atoms with Crippen LogP contribution >= 0.6 is 0 Å². The molecule has 4 nitrogen and oxygen atoms in total. The van der Waals surface area contributed by atoms with Gasteiger partial charge >= 0.3 is 0 Å². The summed E-state index contributed by atoms with van der Waals surface area (Å²) in [5.74, 6) is 0. The molecular weight excluding hydrogens is 142 g/mol. The first-order valence-corrected chi connectivity index (χ1v) is 3.70. The van der Waals surface area contributed by atoms with Crippen LogP contribution in [0.3, 0.4) is 0 Å². The van der Waals surface area contributed by atoms with Gasteiger partial charge in [0.25, 0.3) is 0 Å². The number of hydrogen-bond acceptors (Lipinski definition) is 3. The molecule has 0 aromatic carbocycles. The molecule has 11 heavy (non-hydrogen) atoms. The monoisotopic (exact) mass is 153 g/mol. The van der Waals surface area contributed by atoms with Gasteiger partial charge in [0.1, 0.15) is 0 Å². The smallest absolute Gasteiger partial charge is 0.0925 e. The lowest BCUT2D eigenvalue weighted by atomic mass is 10.2. The first-order chi connectivity index (χ1) is 5.38. The molecule has 1 aromatic rings. The Hall–Kier alpha value is -0.870. The van der Waals surface area contributed by atoms with Gasteiger partial charge in [0.15, 0.2) is 0 Å². The second-order valence-corrected chi connectivity index (χ2v) is 2.75. The number of nitrogens with zero attached hydrogens (tertiary/aromatic N) is 2. The third-order valence-electron chi connectivity index (χ3n) is 1.96. The van der Waals surface area contributed by atoms with Crippen molar-refractivity contribution < 1.29 is 4.74 Å². The zero-order chi connectivity index (χ0) is 7.68. The fourth-order valence-electron chi connectivity index (χ4n) is 1.31. The molecule has 1 saturated heterocycles. The third-order valence-corrected chi connectivity index (χ3v) is 1.96. The molecule has 0 amide bonds. The first kappa shape index (κ1) is 6.82. The van der Waals surface area contributed by atoms with Crippen molar-refractivity contribution in [1.29, 1.82) is 0 Å². The Kier molecular flexibility index (Phi) is 1.63. The largest absolute Gasteiger partial charge is 0.377 e. The Morgan fingerprint density at radius 1 is 1.55 bits per heavy atom. The highest BCUT2D eigenvalue weighted by Crippen LogP contribution is 2.15. The van der Waals surface area contributed by atoms with Gasteiger partial charge < -0.3 is 10.5 Å². The molecule has 0 saturated carbocycles. The lowest BCUT2D eigenvalue weighted by molar-refractivity contribution is 0.183. The second-order valence-electron chi connectivity index (χ2n) is 2.75. The van der Waals surface area contributed by atoms with Crippen molar-refractivity contribution >= 4 is 0 Å². The topological polar surface area (TPSA) is 53.1 Å². The highest BCUT2D eigenvalue weighted by molar-refractivity contribution is 4.88. The predicted octanol–water partition coefficient (Wildman–Crippen LogP) is -0.218. The van der Waals surface area contributed by atoms with Gasteiger partial charge in [-0.15, -0.1) is 0 Å². The van der Waals surface area contributed by atoms with Crippen molar-refractivity contribution in [3.05, 3.63) is 18.5 Å². The van der Waals surface area contributed by atoms with Crippen LogP contribution in [-0.4, -0.2) is 29.0 Å². The molecule has 2 N–H and O–H groups in total. The minimum absolute atomic E-state index is 0.0925. The maximum Gasteiger partial charge on any atom is 0.0925 e. The van der Waals surface area contributed by atoms with E-state index in [1.807, 2.05) is 16.9 Å². The van der Waals surface area contributed by atoms with Crippen LogP contribution in [0.2, 0.25) is 0 Å². The Morgan fingerprint density at radius 2 is 2.45 bits per heavy atom. The summed E-state index contributed by atoms with van der Waals surface area (Å²) in [4.78, 5) is 0. The molecule has 2 heterocycles. The fraction of sp³-hybridized carbons (Fsp3) is 0.571. The molecule has 2 atom stereocenters. The Bertz CT molecular complexity index is 222. The number of hydrogen-bond donors (Lipinski definition) is 1. The summed E-state index contributed by atoms with van der Waals surface area (Å²) in [6.07, 6.45) is 3.67. The number of rotatable bonds is 1. The second kappa shape index (κ2) is 2.64. The molecule has 2 rings (SSSR count). The van der Waals surface area contributed by atoms with E-state index in [1.54, 1.807) is 6.20 Å². The Balaban J connectivity index is 2.16. The SMILES string of the molecule is NC1COCC1n1cccn1. The lowest BCUT2D eigenvalue weighted by Gasteiger charge is -2.12. The number of nitrogens with two attached hydrogens (primary N) is 1. The van der Waals surface area contributed by atoms with Crippen LogP contribution in [0.5, 0.6) is 0 Å². The molecule has 1 aromatic heterocycles. The van der Waals surface area contributed by atoms with E-state index in [-0.39, 0.29) is 12.1 Å². The molecular formula is C7H11N3O. The molecule has 4 heteroatoms. The van der Waals surface area contributed by atoms with E-state index in [0.29, 0.717) is 13.2 Å². The van der Waals surface area contributed by atoms with E-state index >= 15 is 0 Å². The van der Waals surface area contributed by atoms with E-state index in [9.17, 15) is 0 Å². The Morgan fingerprint density at radius 3 is 3.00 bits per heavy atom. The molecule has 2 unspecified atom stereocenters. The summed E-state index contributed by atoms with van der Waals surface area (Å²) < 4.78 is 7.07. The third kappa shape index (κ3) is 1.15. The summed E-state index contributed by atoms with van der Waals surface area (Å²) >= 11 is 0. The molecule has 60 valence electrons. The zero-order valence-corrected chi connectivity index (χ0v) is 6.18. The van der Waals surface area contributed by atoms with Crippen molar-refractivity contribution in [3.8, 4) is 0 Å². The quantitative estimate of drug-likeness (QED) is 0.607. The maximum absolute atomic E-state index is 5.78. The van der Waals surface area contributed by atoms with E-state index in [1.165, 1.54) is 0 Å². The van der Waals surface area contributed by atoms with Crippen LogP contribution in [0.1, 0.15) is 6.04 Å². The summed E-state index contributed by atoms with van der Waals surface area (Å²) in [7, 11) is 0. The van der Waals surface area contributed by atoms with Crippen molar-refractivity contribution in [2.24, 2.45) is 5.73 Å². The Labute approximate surface area is 64.9 Å². The van der Waals surface area contributed by atoms with Gasteiger partial charge in [-0.2, -0.15) is 5.10 Å². The van der Waals surface area contributed by atoms with Crippen LogP contribution in [0, 0.1) is 0 Å². The van der Waals surface area contributed by atoms with Crippen LogP contribution in [0.4, 0.5) is 0 Å². The van der Waals surface area contributed by atoms with Crippen LogP contribution < -0.4 is 5.73 Å². The van der Waals surface area contributed by atoms with Gasteiger partial charge in [0.05, 0.1) is 25.3 Å². The predicted molar refractivity (Wildman–Crippen MR) is 40.1 cm³/mol. The van der Waals surface area contributed by atoms with Gasteiger partial charge in [0.2, 0.25) is 0 Å².